The largest absolute Gasteiger partial charge is 0.497 e. The molecular formula is C19H22F4N2O6. The molecule has 2 aromatic rings. The van der Waals surface area contributed by atoms with Crippen LogP contribution >= 0.6 is 0 Å². The molecule has 2 heterocycles. The van der Waals surface area contributed by atoms with Crippen molar-refractivity contribution in [1.82, 2.24) is 10.2 Å². The number of benzene rings is 1. The number of nitrogens with zero attached hydrogens (tertiary/aromatic N) is 1. The van der Waals surface area contributed by atoms with E-state index >= 15 is 0 Å². The summed E-state index contributed by atoms with van der Waals surface area (Å²) in [6, 6.07) is 6.27. The summed E-state index contributed by atoms with van der Waals surface area (Å²) in [4.78, 5) is 0. The molecule has 0 saturated carbocycles. The Labute approximate surface area is 174 Å². The number of alkyl halides is 4. The first-order chi connectivity index (χ1) is 14.6. The van der Waals surface area contributed by atoms with E-state index in [1.165, 1.54) is 7.11 Å². The summed E-state index contributed by atoms with van der Waals surface area (Å²) in [5.41, 5.74) is -3.35. The highest BCUT2D eigenvalue weighted by molar-refractivity contribution is 5.39. The molecule has 4 N–H and O–H groups in total. The van der Waals surface area contributed by atoms with Gasteiger partial charge in [-0.2, -0.15) is 13.2 Å². The molecule has 1 saturated heterocycles. The number of H-pyrrole nitrogens is 1. The maximum atomic E-state index is 13.5. The summed E-state index contributed by atoms with van der Waals surface area (Å²) in [5.74, 6) is -0.0188. The maximum Gasteiger partial charge on any atom is 0.433 e. The normalized spacial score (nSPS) is 26.6. The average molecular weight is 450 g/mol. The SMILES string of the molecule is COc1ccc(Cc2c(OC3OC(CO)CC(O)(CF)C3O)n[nH]c2C(F)(F)F)cc1. The molecule has 1 aromatic heterocycles. The van der Waals surface area contributed by atoms with E-state index in [2.05, 4.69) is 5.10 Å². The third-order valence-corrected chi connectivity index (χ3v) is 5.03. The van der Waals surface area contributed by atoms with Crippen molar-refractivity contribution in [2.45, 2.75) is 43.1 Å². The lowest BCUT2D eigenvalue weighted by Crippen LogP contribution is -2.60. The number of aliphatic hydroxyl groups is 3. The quantitative estimate of drug-likeness (QED) is 0.473. The zero-order valence-corrected chi connectivity index (χ0v) is 16.4. The number of aromatic amines is 1. The number of halogens is 4. The Morgan fingerprint density at radius 2 is 1.97 bits per heavy atom. The highest BCUT2D eigenvalue weighted by Crippen LogP contribution is 2.38. The van der Waals surface area contributed by atoms with E-state index in [9.17, 15) is 32.9 Å². The summed E-state index contributed by atoms with van der Waals surface area (Å²) in [6.07, 6.45) is -10.2. The molecule has 12 heteroatoms. The van der Waals surface area contributed by atoms with Crippen LogP contribution in [0.1, 0.15) is 23.2 Å². The highest BCUT2D eigenvalue weighted by atomic mass is 19.4. The molecule has 3 rings (SSSR count). The predicted octanol–water partition coefficient (Wildman–Crippen LogP) is 1.58. The molecule has 4 unspecified atom stereocenters. The number of nitrogens with one attached hydrogen (secondary N) is 1. The van der Waals surface area contributed by atoms with Crippen molar-refractivity contribution in [3.8, 4) is 11.6 Å². The van der Waals surface area contributed by atoms with E-state index in [-0.39, 0.29) is 12.0 Å². The van der Waals surface area contributed by atoms with E-state index in [0.717, 1.165) is 0 Å². The van der Waals surface area contributed by atoms with Gasteiger partial charge in [-0.05, 0) is 17.7 Å². The Morgan fingerprint density at radius 1 is 1.29 bits per heavy atom. The Hall–Kier alpha value is -2.41. The first-order valence-electron chi connectivity index (χ1n) is 9.28. The monoisotopic (exact) mass is 450 g/mol. The minimum atomic E-state index is -4.78. The lowest BCUT2D eigenvalue weighted by Gasteiger charge is -2.42. The highest BCUT2D eigenvalue weighted by Gasteiger charge is 2.50. The van der Waals surface area contributed by atoms with Crippen molar-refractivity contribution < 1.29 is 47.1 Å². The van der Waals surface area contributed by atoms with Crippen LogP contribution < -0.4 is 9.47 Å². The molecule has 1 aromatic carbocycles. The summed E-state index contributed by atoms with van der Waals surface area (Å²) >= 11 is 0. The van der Waals surface area contributed by atoms with Gasteiger partial charge in [0.2, 0.25) is 12.2 Å². The zero-order chi connectivity index (χ0) is 22.8. The van der Waals surface area contributed by atoms with Crippen LogP contribution in [0.4, 0.5) is 17.6 Å². The number of hydrogen-bond acceptors (Lipinski definition) is 7. The van der Waals surface area contributed by atoms with Crippen molar-refractivity contribution in [2.75, 3.05) is 20.4 Å². The van der Waals surface area contributed by atoms with Crippen LogP contribution in [0.25, 0.3) is 0 Å². The minimum absolute atomic E-state index is 0.246. The molecule has 4 atom stereocenters. The van der Waals surface area contributed by atoms with Gasteiger partial charge in [0.1, 0.15) is 29.8 Å². The fraction of sp³-hybridized carbons (Fsp3) is 0.526. The van der Waals surface area contributed by atoms with Gasteiger partial charge in [-0.15, -0.1) is 5.10 Å². The van der Waals surface area contributed by atoms with Gasteiger partial charge in [0, 0.05) is 12.8 Å². The Morgan fingerprint density at radius 3 is 2.52 bits per heavy atom. The smallest absolute Gasteiger partial charge is 0.433 e. The van der Waals surface area contributed by atoms with Crippen molar-refractivity contribution in [1.29, 1.82) is 0 Å². The number of rotatable bonds is 7. The van der Waals surface area contributed by atoms with E-state index in [1.807, 2.05) is 5.10 Å². The zero-order valence-electron chi connectivity index (χ0n) is 16.4. The summed E-state index contributed by atoms with van der Waals surface area (Å²) in [6.45, 7) is -2.00. The van der Waals surface area contributed by atoms with Gasteiger partial charge in [-0.1, -0.05) is 12.1 Å². The predicted molar refractivity (Wildman–Crippen MR) is 97.3 cm³/mol. The molecule has 1 fully saturated rings. The van der Waals surface area contributed by atoms with E-state index < -0.39 is 61.6 Å². The molecule has 1 aliphatic rings. The van der Waals surface area contributed by atoms with Crippen LogP contribution in [0.3, 0.4) is 0 Å². The topological polar surface area (TPSA) is 117 Å². The first-order valence-corrected chi connectivity index (χ1v) is 9.28. The number of methoxy groups -OCH3 is 1. The molecule has 0 radical (unpaired) electrons. The number of aromatic nitrogens is 2. The second-order valence-corrected chi connectivity index (χ2v) is 7.22. The lowest BCUT2D eigenvalue weighted by molar-refractivity contribution is -0.277. The molecule has 0 bridgehead atoms. The van der Waals surface area contributed by atoms with Crippen LogP contribution in [0.5, 0.6) is 11.6 Å². The third kappa shape index (κ3) is 4.92. The van der Waals surface area contributed by atoms with Crippen LogP contribution in [0.2, 0.25) is 0 Å². The Bertz CT molecular complexity index is 875. The Kier molecular flexibility index (Phi) is 6.74. The van der Waals surface area contributed by atoms with E-state index in [1.54, 1.807) is 24.3 Å². The third-order valence-electron chi connectivity index (χ3n) is 5.03. The molecule has 8 nitrogen and oxygen atoms in total. The number of aliphatic hydroxyl groups excluding tert-OH is 2. The second kappa shape index (κ2) is 8.99. The van der Waals surface area contributed by atoms with Crippen molar-refractivity contribution in [3.05, 3.63) is 41.1 Å². The van der Waals surface area contributed by atoms with Gasteiger partial charge in [0.25, 0.3) is 0 Å². The first kappa shape index (κ1) is 23.3. The number of hydrogen-bond donors (Lipinski definition) is 4. The molecule has 172 valence electrons. The van der Waals surface area contributed by atoms with Crippen LogP contribution in [-0.2, 0) is 17.3 Å². The van der Waals surface area contributed by atoms with Gasteiger partial charge in [0.15, 0.2) is 0 Å². The minimum Gasteiger partial charge on any atom is -0.497 e. The summed E-state index contributed by atoms with van der Waals surface area (Å²) in [7, 11) is 1.45. The van der Waals surface area contributed by atoms with Crippen molar-refractivity contribution in [3.63, 3.8) is 0 Å². The molecule has 1 aliphatic heterocycles. The standard InChI is InChI=1S/C19H22F4N2O6/c1-29-11-4-2-10(3-5-11)6-13-14(19(21,22)23)24-25-16(13)31-17-15(27)18(28,9-20)7-12(8-26)30-17/h2-5,12,15,17,26-28H,6-9H2,1H3,(H,24,25). The van der Waals surface area contributed by atoms with E-state index in [0.29, 0.717) is 11.3 Å². The molecule has 0 amide bonds. The van der Waals surface area contributed by atoms with E-state index in [4.69, 9.17) is 14.2 Å². The fourth-order valence-corrected chi connectivity index (χ4v) is 3.32. The molecule has 0 spiro atoms. The maximum absolute atomic E-state index is 13.5. The van der Waals surface area contributed by atoms with Gasteiger partial charge < -0.3 is 29.5 Å². The number of ether oxygens (including phenoxy) is 3. The van der Waals surface area contributed by atoms with Crippen LogP contribution in [0.15, 0.2) is 24.3 Å². The van der Waals surface area contributed by atoms with Gasteiger partial charge in [-0.25, -0.2) is 4.39 Å². The fourth-order valence-electron chi connectivity index (χ4n) is 3.32. The summed E-state index contributed by atoms with van der Waals surface area (Å²) in [5, 5.41) is 35.3. The molecular weight excluding hydrogens is 428 g/mol. The van der Waals surface area contributed by atoms with Gasteiger partial charge in [0.05, 0.1) is 25.4 Å². The Balaban J connectivity index is 1.92. The van der Waals surface area contributed by atoms with Crippen molar-refractivity contribution in [2.24, 2.45) is 0 Å². The lowest BCUT2D eigenvalue weighted by atomic mass is 9.88. The van der Waals surface area contributed by atoms with Crippen molar-refractivity contribution >= 4 is 0 Å². The van der Waals surface area contributed by atoms with Gasteiger partial charge >= 0.3 is 6.18 Å². The second-order valence-electron chi connectivity index (χ2n) is 7.22. The average Bonchev–Trinajstić information content (AvgIpc) is 3.14. The summed E-state index contributed by atoms with van der Waals surface area (Å²) < 4.78 is 69.4. The van der Waals surface area contributed by atoms with Crippen LogP contribution in [-0.4, -0.2) is 70.0 Å². The van der Waals surface area contributed by atoms with Gasteiger partial charge in [-0.3, -0.25) is 5.10 Å². The van der Waals surface area contributed by atoms with Crippen LogP contribution in [0, 0.1) is 0 Å². The molecule has 0 aliphatic carbocycles. The molecule has 31 heavy (non-hydrogen) atoms.